The molecule has 1 aromatic carbocycles. The van der Waals surface area contributed by atoms with Crippen LogP contribution in [-0.2, 0) is 17.6 Å². The van der Waals surface area contributed by atoms with Gasteiger partial charge in [0.15, 0.2) is 0 Å². The molecule has 2 heteroatoms. The van der Waals surface area contributed by atoms with Crippen molar-refractivity contribution < 1.29 is 4.79 Å². The number of rotatable bonds is 4. The first-order valence-corrected chi connectivity index (χ1v) is 6.83. The highest BCUT2D eigenvalue weighted by molar-refractivity contribution is 7.10. The van der Waals surface area contributed by atoms with Gasteiger partial charge in [-0.05, 0) is 34.9 Å². The third-order valence-electron chi connectivity index (χ3n) is 3.39. The summed E-state index contributed by atoms with van der Waals surface area (Å²) in [5.74, 6) is 0.839. The summed E-state index contributed by atoms with van der Waals surface area (Å²) >= 11 is 1.67. The molecule has 0 amide bonds. The number of Topliss-reactive ketones (excluding diaryl/α,β-unsaturated/α-hetero) is 1. The molecule has 0 radical (unpaired) electrons. The van der Waals surface area contributed by atoms with Gasteiger partial charge in [0.25, 0.3) is 0 Å². The van der Waals surface area contributed by atoms with E-state index in [-0.39, 0.29) is 0 Å². The van der Waals surface area contributed by atoms with E-state index in [1.807, 2.05) is 17.5 Å². The van der Waals surface area contributed by atoms with Crippen LogP contribution in [0.15, 0.2) is 41.8 Å². The molecule has 1 atom stereocenters. The third kappa shape index (κ3) is 2.18. The maximum Gasteiger partial charge on any atom is 0.138 e. The van der Waals surface area contributed by atoms with E-state index in [1.165, 1.54) is 16.0 Å². The van der Waals surface area contributed by atoms with Crippen LogP contribution in [0.2, 0.25) is 0 Å². The molecule has 0 N–H and O–H groups in total. The third-order valence-corrected chi connectivity index (χ3v) is 4.26. The lowest BCUT2D eigenvalue weighted by Crippen LogP contribution is -2.20. The van der Waals surface area contributed by atoms with Crippen molar-refractivity contribution in [1.82, 2.24) is 0 Å². The molecule has 0 saturated heterocycles. The van der Waals surface area contributed by atoms with Crippen molar-refractivity contribution in [2.45, 2.75) is 25.2 Å². The molecule has 1 heterocycles. The smallest absolute Gasteiger partial charge is 0.138 e. The van der Waals surface area contributed by atoms with Crippen LogP contribution in [0.5, 0.6) is 0 Å². The van der Waals surface area contributed by atoms with Crippen LogP contribution >= 0.6 is 11.3 Å². The van der Waals surface area contributed by atoms with Crippen molar-refractivity contribution in [3.63, 3.8) is 0 Å². The maximum absolute atomic E-state index is 11.9. The van der Waals surface area contributed by atoms with Gasteiger partial charge >= 0.3 is 0 Å². The van der Waals surface area contributed by atoms with Gasteiger partial charge < -0.3 is 0 Å². The molecule has 1 aliphatic rings. The SMILES string of the molecule is O=C(Cc1cccs1)CC1Cc2ccccc21. The Labute approximate surface area is 105 Å². The normalized spacial score (nSPS) is 17.3. The first-order valence-electron chi connectivity index (χ1n) is 5.95. The van der Waals surface area contributed by atoms with E-state index >= 15 is 0 Å². The Kier molecular flexibility index (Phi) is 2.81. The van der Waals surface area contributed by atoms with Crippen molar-refractivity contribution in [1.29, 1.82) is 0 Å². The van der Waals surface area contributed by atoms with E-state index in [0.717, 1.165) is 6.42 Å². The van der Waals surface area contributed by atoms with Gasteiger partial charge in [0.1, 0.15) is 5.78 Å². The van der Waals surface area contributed by atoms with Gasteiger partial charge in [0.2, 0.25) is 0 Å². The Bertz CT molecular complexity index is 528. The Balaban J connectivity index is 1.61. The molecular weight excluding hydrogens is 228 g/mol. The van der Waals surface area contributed by atoms with Gasteiger partial charge in [-0.2, -0.15) is 0 Å². The number of carbonyl (C=O) groups excluding carboxylic acids is 1. The molecule has 0 aliphatic heterocycles. The van der Waals surface area contributed by atoms with Crippen molar-refractivity contribution in [2.24, 2.45) is 0 Å². The van der Waals surface area contributed by atoms with Gasteiger partial charge in [-0.3, -0.25) is 4.79 Å². The van der Waals surface area contributed by atoms with Crippen LogP contribution in [-0.4, -0.2) is 5.78 Å². The molecule has 1 aromatic heterocycles. The standard InChI is InChI=1S/C15H14OS/c16-13(10-14-5-3-7-17-14)9-12-8-11-4-1-2-6-15(11)12/h1-7,12H,8-10H2. The Morgan fingerprint density at radius 1 is 1.24 bits per heavy atom. The molecule has 0 saturated carbocycles. The second-order valence-electron chi connectivity index (χ2n) is 4.60. The first kappa shape index (κ1) is 10.7. The number of hydrogen-bond donors (Lipinski definition) is 0. The number of fused-ring (bicyclic) bond motifs is 1. The highest BCUT2D eigenvalue weighted by Gasteiger charge is 2.27. The average Bonchev–Trinajstić information content (AvgIpc) is 2.79. The summed E-state index contributed by atoms with van der Waals surface area (Å²) in [6.45, 7) is 0. The predicted octanol–water partition coefficient (Wildman–Crippen LogP) is 3.59. The lowest BCUT2D eigenvalue weighted by Gasteiger charge is -2.29. The molecule has 1 unspecified atom stereocenters. The quantitative estimate of drug-likeness (QED) is 0.800. The summed E-state index contributed by atoms with van der Waals surface area (Å²) in [5.41, 5.74) is 2.80. The first-order chi connectivity index (χ1) is 8.33. The molecule has 0 spiro atoms. The second-order valence-corrected chi connectivity index (χ2v) is 5.63. The minimum atomic E-state index is 0.368. The molecule has 1 aliphatic carbocycles. The lowest BCUT2D eigenvalue weighted by atomic mass is 9.75. The number of thiophene rings is 1. The van der Waals surface area contributed by atoms with Crippen molar-refractivity contribution >= 4 is 17.1 Å². The van der Waals surface area contributed by atoms with Crippen LogP contribution in [0, 0.1) is 0 Å². The zero-order valence-electron chi connectivity index (χ0n) is 9.56. The lowest BCUT2D eigenvalue weighted by molar-refractivity contribution is -0.118. The second kappa shape index (κ2) is 4.46. The minimum absolute atomic E-state index is 0.368. The van der Waals surface area contributed by atoms with E-state index in [9.17, 15) is 4.79 Å². The van der Waals surface area contributed by atoms with Gasteiger partial charge in [-0.1, -0.05) is 30.3 Å². The molecule has 0 bridgehead atoms. The van der Waals surface area contributed by atoms with Crippen molar-refractivity contribution in [3.8, 4) is 0 Å². The number of hydrogen-bond acceptors (Lipinski definition) is 2. The zero-order valence-corrected chi connectivity index (χ0v) is 10.4. The van der Waals surface area contributed by atoms with Crippen molar-refractivity contribution in [3.05, 3.63) is 57.8 Å². The van der Waals surface area contributed by atoms with Gasteiger partial charge in [-0.15, -0.1) is 11.3 Å². The van der Waals surface area contributed by atoms with Crippen LogP contribution in [0.25, 0.3) is 0 Å². The number of benzene rings is 1. The Morgan fingerprint density at radius 2 is 2.12 bits per heavy atom. The van der Waals surface area contributed by atoms with Gasteiger partial charge in [-0.25, -0.2) is 0 Å². The Morgan fingerprint density at radius 3 is 2.88 bits per heavy atom. The maximum atomic E-state index is 11.9. The van der Waals surface area contributed by atoms with E-state index in [2.05, 4.69) is 24.3 Å². The number of carbonyl (C=O) groups is 1. The summed E-state index contributed by atoms with van der Waals surface area (Å²) < 4.78 is 0. The Hall–Kier alpha value is -1.41. The number of ketones is 1. The summed E-state index contributed by atoms with van der Waals surface area (Å²) in [5, 5.41) is 2.03. The van der Waals surface area contributed by atoms with Gasteiger partial charge in [0, 0.05) is 17.7 Å². The molecule has 3 rings (SSSR count). The summed E-state index contributed by atoms with van der Waals surface area (Å²) in [6, 6.07) is 12.5. The molecule has 17 heavy (non-hydrogen) atoms. The van der Waals surface area contributed by atoms with E-state index < -0.39 is 0 Å². The molecule has 2 aromatic rings. The van der Waals surface area contributed by atoms with Gasteiger partial charge in [0.05, 0.1) is 0 Å². The fourth-order valence-electron chi connectivity index (χ4n) is 2.50. The summed E-state index contributed by atoms with van der Waals surface area (Å²) in [7, 11) is 0. The molecule has 86 valence electrons. The predicted molar refractivity (Wildman–Crippen MR) is 70.5 cm³/mol. The van der Waals surface area contributed by atoms with Crippen LogP contribution in [0.4, 0.5) is 0 Å². The van der Waals surface area contributed by atoms with Crippen LogP contribution < -0.4 is 0 Å². The summed E-state index contributed by atoms with van der Waals surface area (Å²) in [6.07, 6.45) is 2.39. The fourth-order valence-corrected chi connectivity index (χ4v) is 3.23. The van der Waals surface area contributed by atoms with Crippen LogP contribution in [0.3, 0.4) is 0 Å². The molecule has 0 fully saturated rings. The minimum Gasteiger partial charge on any atom is -0.299 e. The van der Waals surface area contributed by atoms with E-state index in [1.54, 1.807) is 11.3 Å². The van der Waals surface area contributed by atoms with E-state index in [4.69, 9.17) is 0 Å². The fraction of sp³-hybridized carbons (Fsp3) is 0.267. The topological polar surface area (TPSA) is 17.1 Å². The average molecular weight is 242 g/mol. The molecular formula is C15H14OS. The van der Waals surface area contributed by atoms with E-state index in [0.29, 0.717) is 24.5 Å². The van der Waals surface area contributed by atoms with Crippen molar-refractivity contribution in [2.75, 3.05) is 0 Å². The summed E-state index contributed by atoms with van der Waals surface area (Å²) in [4.78, 5) is 13.1. The monoisotopic (exact) mass is 242 g/mol. The van der Waals surface area contributed by atoms with Crippen LogP contribution in [0.1, 0.15) is 28.3 Å². The molecule has 1 nitrogen and oxygen atoms in total. The highest BCUT2D eigenvalue weighted by atomic mass is 32.1. The largest absolute Gasteiger partial charge is 0.299 e. The zero-order chi connectivity index (χ0) is 11.7. The highest BCUT2D eigenvalue weighted by Crippen LogP contribution is 2.37.